The van der Waals surface area contributed by atoms with Crippen LogP contribution in [0.25, 0.3) is 5.57 Å². The third-order valence-corrected chi connectivity index (χ3v) is 4.95. The molecule has 0 aliphatic heterocycles. The van der Waals surface area contributed by atoms with Crippen molar-refractivity contribution in [1.29, 1.82) is 0 Å². The highest BCUT2D eigenvalue weighted by atomic mass is 35.5. The molecule has 0 saturated carbocycles. The van der Waals surface area contributed by atoms with Gasteiger partial charge in [-0.05, 0) is 72.0 Å². The first-order valence-electron chi connectivity index (χ1n) is 9.41. The lowest BCUT2D eigenvalue weighted by Crippen LogP contribution is -2.10. The average Bonchev–Trinajstić information content (AvgIpc) is 2.75. The first-order chi connectivity index (χ1) is 14.1. The fourth-order valence-electron chi connectivity index (χ4n) is 3.16. The molecule has 3 aromatic rings. The number of aryl methyl sites for hydroxylation is 1. The van der Waals surface area contributed by atoms with E-state index in [0.29, 0.717) is 0 Å². The van der Waals surface area contributed by atoms with Crippen LogP contribution in [0.5, 0.6) is 0 Å². The highest BCUT2D eigenvalue weighted by Gasteiger charge is 2.12. The lowest BCUT2D eigenvalue weighted by molar-refractivity contribution is 1.21. The van der Waals surface area contributed by atoms with E-state index in [9.17, 15) is 0 Å². The van der Waals surface area contributed by atoms with Gasteiger partial charge in [0.2, 0.25) is 0 Å². The van der Waals surface area contributed by atoms with Gasteiger partial charge < -0.3 is 4.90 Å². The molecule has 0 saturated heterocycles. The summed E-state index contributed by atoms with van der Waals surface area (Å²) in [5.74, 6) is 0. The molecule has 0 unspecified atom stereocenters. The van der Waals surface area contributed by atoms with Gasteiger partial charge in [0.25, 0.3) is 0 Å². The summed E-state index contributed by atoms with van der Waals surface area (Å²) in [5.41, 5.74) is 6.79. The van der Waals surface area contributed by atoms with Gasteiger partial charge in [0.15, 0.2) is 0 Å². The zero-order chi connectivity index (χ0) is 20.6. The largest absolute Gasteiger partial charge is 0.317 e. The number of benzene rings is 2. The van der Waals surface area contributed by atoms with Crippen LogP contribution < -0.4 is 4.90 Å². The second-order valence-electron chi connectivity index (χ2n) is 6.66. The maximum Gasteiger partial charge on any atom is 0.0490 e. The Labute approximate surface area is 177 Å². The van der Waals surface area contributed by atoms with Crippen molar-refractivity contribution in [3.8, 4) is 0 Å². The Morgan fingerprint density at radius 1 is 1.10 bits per heavy atom. The zero-order valence-corrected chi connectivity index (χ0v) is 17.5. The number of halogens is 1. The molecule has 0 fully saturated rings. The Bertz CT molecular complexity index is 1020. The molecule has 29 heavy (non-hydrogen) atoms. The van der Waals surface area contributed by atoms with Crippen molar-refractivity contribution in [3.05, 3.63) is 108 Å². The van der Waals surface area contributed by atoms with Crippen molar-refractivity contribution in [3.63, 3.8) is 0 Å². The standard InChI is InChI=1S/C25H24ClN3/c1-4-29(24-12-15-28-16-13-24)25-18-21(8-5-19(25)2)22(11-14-27-3)17-20-6-9-23(26)10-7-20/h4-16,18H,1,17H2,2-3H3/b22-11+,27-14?. The SMILES string of the molecule is C=CN(c1ccncc1)c1cc(/C(=C/C=NC)Cc2ccc(Cl)cc2)ccc1C. The molecule has 3 nitrogen and oxygen atoms in total. The first-order valence-corrected chi connectivity index (χ1v) is 9.78. The monoisotopic (exact) mass is 401 g/mol. The summed E-state index contributed by atoms with van der Waals surface area (Å²) in [6, 6.07) is 18.4. The van der Waals surface area contributed by atoms with Crippen molar-refractivity contribution < 1.29 is 0 Å². The van der Waals surface area contributed by atoms with E-state index in [1.807, 2.05) is 36.7 Å². The average molecular weight is 402 g/mol. The normalized spacial score (nSPS) is 11.6. The molecule has 0 aliphatic carbocycles. The summed E-state index contributed by atoms with van der Waals surface area (Å²) in [7, 11) is 1.78. The highest BCUT2D eigenvalue weighted by Crippen LogP contribution is 2.32. The second kappa shape index (κ2) is 9.85. The van der Waals surface area contributed by atoms with E-state index in [2.05, 4.69) is 64.8 Å². The van der Waals surface area contributed by atoms with Crippen molar-refractivity contribution in [2.24, 2.45) is 4.99 Å². The topological polar surface area (TPSA) is 28.5 Å². The fraction of sp³-hybridized carbons (Fsp3) is 0.120. The first kappa shape index (κ1) is 20.6. The predicted molar refractivity (Wildman–Crippen MR) is 125 cm³/mol. The second-order valence-corrected chi connectivity index (χ2v) is 7.10. The number of nitrogens with zero attached hydrogens (tertiary/aromatic N) is 3. The Morgan fingerprint density at radius 2 is 1.83 bits per heavy atom. The van der Waals surface area contributed by atoms with Gasteiger partial charge in [0, 0.05) is 48.3 Å². The molecule has 0 N–H and O–H groups in total. The van der Waals surface area contributed by atoms with E-state index < -0.39 is 0 Å². The molecule has 146 valence electrons. The van der Waals surface area contributed by atoms with Crippen molar-refractivity contribution in [1.82, 2.24) is 4.98 Å². The zero-order valence-electron chi connectivity index (χ0n) is 16.7. The summed E-state index contributed by atoms with van der Waals surface area (Å²) < 4.78 is 0. The van der Waals surface area contributed by atoms with E-state index in [0.717, 1.165) is 28.4 Å². The maximum atomic E-state index is 6.04. The van der Waals surface area contributed by atoms with Gasteiger partial charge in [-0.15, -0.1) is 0 Å². The van der Waals surface area contributed by atoms with E-state index in [4.69, 9.17) is 11.6 Å². The summed E-state index contributed by atoms with van der Waals surface area (Å²) in [4.78, 5) is 10.3. The van der Waals surface area contributed by atoms with Gasteiger partial charge in [0.1, 0.15) is 0 Å². The van der Waals surface area contributed by atoms with Gasteiger partial charge in [0.05, 0.1) is 0 Å². The summed E-state index contributed by atoms with van der Waals surface area (Å²) in [6.07, 6.45) is 10.1. The van der Waals surface area contributed by atoms with Crippen LogP contribution in [0.15, 0.2) is 90.8 Å². The van der Waals surface area contributed by atoms with Crippen LogP contribution in [0.4, 0.5) is 11.4 Å². The van der Waals surface area contributed by atoms with Crippen LogP contribution >= 0.6 is 11.6 Å². The van der Waals surface area contributed by atoms with Crippen molar-refractivity contribution >= 4 is 34.8 Å². The molecular formula is C25H24ClN3. The molecule has 0 aliphatic rings. The number of anilines is 2. The molecular weight excluding hydrogens is 378 g/mol. The van der Waals surface area contributed by atoms with Crippen LogP contribution in [-0.2, 0) is 6.42 Å². The Balaban J connectivity index is 2.02. The number of hydrogen-bond acceptors (Lipinski definition) is 3. The third kappa shape index (κ3) is 5.21. The third-order valence-electron chi connectivity index (χ3n) is 4.70. The molecule has 0 spiro atoms. The van der Waals surface area contributed by atoms with Crippen LogP contribution in [0, 0.1) is 6.92 Å². The van der Waals surface area contributed by atoms with Crippen LogP contribution in [0.3, 0.4) is 0 Å². The number of hydrogen-bond donors (Lipinski definition) is 0. The molecule has 0 amide bonds. The number of pyridine rings is 1. The summed E-state index contributed by atoms with van der Waals surface area (Å²) in [5, 5.41) is 0.742. The smallest absolute Gasteiger partial charge is 0.0490 e. The lowest BCUT2D eigenvalue weighted by Gasteiger charge is -2.23. The Kier molecular flexibility index (Phi) is 6.99. The van der Waals surface area contributed by atoms with Crippen molar-refractivity contribution in [2.75, 3.05) is 11.9 Å². The van der Waals surface area contributed by atoms with Crippen LogP contribution in [-0.4, -0.2) is 18.2 Å². The molecule has 0 radical (unpaired) electrons. The molecule has 2 aromatic carbocycles. The van der Waals surface area contributed by atoms with E-state index >= 15 is 0 Å². The molecule has 0 atom stereocenters. The highest BCUT2D eigenvalue weighted by molar-refractivity contribution is 6.30. The van der Waals surface area contributed by atoms with Crippen molar-refractivity contribution in [2.45, 2.75) is 13.3 Å². The van der Waals surface area contributed by atoms with Gasteiger partial charge >= 0.3 is 0 Å². The predicted octanol–water partition coefficient (Wildman–Crippen LogP) is 6.65. The maximum absolute atomic E-state index is 6.04. The minimum atomic E-state index is 0.742. The number of allylic oxidation sites excluding steroid dienone is 2. The van der Waals surface area contributed by atoms with E-state index in [-0.39, 0.29) is 0 Å². The molecule has 3 rings (SSSR count). The van der Waals surface area contributed by atoms with Crippen LogP contribution in [0.1, 0.15) is 16.7 Å². The number of rotatable bonds is 7. The van der Waals surface area contributed by atoms with Gasteiger partial charge in [-0.1, -0.05) is 42.4 Å². The molecule has 1 heterocycles. The quantitative estimate of drug-likeness (QED) is 0.414. The minimum Gasteiger partial charge on any atom is -0.317 e. The van der Waals surface area contributed by atoms with Gasteiger partial charge in [-0.25, -0.2) is 0 Å². The van der Waals surface area contributed by atoms with Crippen LogP contribution in [0.2, 0.25) is 5.02 Å². The summed E-state index contributed by atoms with van der Waals surface area (Å²) >= 11 is 6.04. The van der Waals surface area contributed by atoms with Gasteiger partial charge in [-0.3, -0.25) is 9.98 Å². The van der Waals surface area contributed by atoms with E-state index in [1.165, 1.54) is 16.7 Å². The molecule has 1 aromatic heterocycles. The molecule has 4 heteroatoms. The number of aliphatic imine (C=N–C) groups is 1. The lowest BCUT2D eigenvalue weighted by atomic mass is 9.96. The molecule has 0 bridgehead atoms. The van der Waals surface area contributed by atoms with Gasteiger partial charge in [-0.2, -0.15) is 0 Å². The Morgan fingerprint density at radius 3 is 2.48 bits per heavy atom. The minimum absolute atomic E-state index is 0.742. The van der Waals surface area contributed by atoms with E-state index in [1.54, 1.807) is 19.4 Å². The summed E-state index contributed by atoms with van der Waals surface area (Å²) in [6.45, 7) is 6.12. The Hall–Kier alpha value is -3.17. The fourth-order valence-corrected chi connectivity index (χ4v) is 3.29. The number of aromatic nitrogens is 1.